The van der Waals surface area contributed by atoms with Gasteiger partial charge in [0, 0.05) is 17.0 Å². The summed E-state index contributed by atoms with van der Waals surface area (Å²) in [5.41, 5.74) is 1.29. The molecule has 1 aromatic rings. The Morgan fingerprint density at radius 2 is 2.30 bits per heavy atom. The lowest BCUT2D eigenvalue weighted by molar-refractivity contribution is -0.123. The van der Waals surface area contributed by atoms with Crippen molar-refractivity contribution in [2.75, 3.05) is 6.54 Å². The summed E-state index contributed by atoms with van der Waals surface area (Å²) in [5.74, 6) is 0.346. The molecule has 0 aromatic carbocycles. The molecule has 0 saturated carbocycles. The van der Waals surface area contributed by atoms with Gasteiger partial charge in [-0.3, -0.25) is 4.79 Å². The van der Waals surface area contributed by atoms with E-state index >= 15 is 0 Å². The Kier molecular flexibility index (Phi) is 5.47. The first kappa shape index (κ1) is 15.8. The molecule has 1 aliphatic carbocycles. The normalized spacial score (nSPS) is 29.1. The summed E-state index contributed by atoms with van der Waals surface area (Å²) in [4.78, 5) is 13.9. The van der Waals surface area contributed by atoms with E-state index < -0.39 is 0 Å². The highest BCUT2D eigenvalue weighted by atomic mass is 35.5. The van der Waals surface area contributed by atoms with Gasteiger partial charge in [0.05, 0.1) is 5.92 Å². The van der Waals surface area contributed by atoms with Crippen molar-refractivity contribution in [1.29, 1.82) is 0 Å². The average Bonchev–Trinajstić information content (AvgIpc) is 2.86. The molecule has 0 spiro atoms. The lowest BCUT2D eigenvalue weighted by Gasteiger charge is -2.31. The van der Waals surface area contributed by atoms with E-state index in [1.54, 1.807) is 11.3 Å². The van der Waals surface area contributed by atoms with Crippen molar-refractivity contribution in [3.05, 3.63) is 21.9 Å². The molecule has 3 atom stereocenters. The minimum atomic E-state index is 0. The number of amides is 1. The largest absolute Gasteiger partial charge is 0.353 e. The third-order valence-corrected chi connectivity index (χ3v) is 5.33. The van der Waals surface area contributed by atoms with Crippen molar-refractivity contribution in [3.8, 4) is 0 Å². The average molecular weight is 315 g/mol. The third-order valence-electron chi connectivity index (χ3n) is 4.34. The van der Waals surface area contributed by atoms with Gasteiger partial charge in [0.2, 0.25) is 5.91 Å². The van der Waals surface area contributed by atoms with Gasteiger partial charge in [-0.05, 0) is 62.6 Å². The molecular formula is C15H23ClN2OS. The molecule has 3 rings (SSSR count). The number of hydrogen-bond donors (Lipinski definition) is 2. The SMILES string of the molecule is CC1CC(NC(=O)C2CCCc3sccc32)CCN1.Cl. The van der Waals surface area contributed by atoms with Gasteiger partial charge in [-0.1, -0.05) is 0 Å². The maximum Gasteiger partial charge on any atom is 0.227 e. The molecule has 20 heavy (non-hydrogen) atoms. The Bertz CT molecular complexity index is 462. The summed E-state index contributed by atoms with van der Waals surface area (Å²) < 4.78 is 0. The summed E-state index contributed by atoms with van der Waals surface area (Å²) in [6.45, 7) is 3.20. The van der Waals surface area contributed by atoms with E-state index in [9.17, 15) is 4.79 Å². The fraction of sp³-hybridized carbons (Fsp3) is 0.667. The van der Waals surface area contributed by atoms with Gasteiger partial charge in [-0.25, -0.2) is 0 Å². The van der Waals surface area contributed by atoms with E-state index in [4.69, 9.17) is 0 Å². The van der Waals surface area contributed by atoms with Crippen LogP contribution in [0.3, 0.4) is 0 Å². The van der Waals surface area contributed by atoms with Crippen LogP contribution in [0, 0.1) is 0 Å². The molecule has 0 bridgehead atoms. The van der Waals surface area contributed by atoms with E-state index in [2.05, 4.69) is 29.0 Å². The fourth-order valence-electron chi connectivity index (χ4n) is 3.32. The van der Waals surface area contributed by atoms with Gasteiger partial charge in [0.25, 0.3) is 0 Å². The summed E-state index contributed by atoms with van der Waals surface area (Å²) in [6, 6.07) is 3.02. The molecule has 112 valence electrons. The molecule has 1 saturated heterocycles. The molecular weight excluding hydrogens is 292 g/mol. The van der Waals surface area contributed by atoms with Gasteiger partial charge >= 0.3 is 0 Å². The number of thiophene rings is 1. The minimum Gasteiger partial charge on any atom is -0.353 e. The predicted molar refractivity (Wildman–Crippen MR) is 85.9 cm³/mol. The zero-order valence-corrected chi connectivity index (χ0v) is 13.5. The van der Waals surface area contributed by atoms with Crippen molar-refractivity contribution in [3.63, 3.8) is 0 Å². The lowest BCUT2D eigenvalue weighted by atomic mass is 9.86. The number of piperidine rings is 1. The van der Waals surface area contributed by atoms with Crippen LogP contribution < -0.4 is 10.6 Å². The van der Waals surface area contributed by atoms with Gasteiger partial charge in [-0.15, -0.1) is 23.7 Å². The van der Waals surface area contributed by atoms with Crippen LogP contribution in [0.25, 0.3) is 0 Å². The summed E-state index contributed by atoms with van der Waals surface area (Å²) in [7, 11) is 0. The van der Waals surface area contributed by atoms with E-state index in [0.717, 1.165) is 38.6 Å². The fourth-order valence-corrected chi connectivity index (χ4v) is 4.31. The molecule has 2 aliphatic rings. The van der Waals surface area contributed by atoms with Crippen LogP contribution in [0.2, 0.25) is 0 Å². The van der Waals surface area contributed by atoms with Gasteiger partial charge in [0.1, 0.15) is 0 Å². The van der Waals surface area contributed by atoms with Crippen molar-refractivity contribution in [1.82, 2.24) is 10.6 Å². The van der Waals surface area contributed by atoms with Crippen LogP contribution in [-0.4, -0.2) is 24.5 Å². The molecule has 1 fully saturated rings. The van der Waals surface area contributed by atoms with Crippen molar-refractivity contribution >= 4 is 29.7 Å². The number of hydrogen-bond acceptors (Lipinski definition) is 3. The number of fused-ring (bicyclic) bond motifs is 1. The Balaban J connectivity index is 0.00000147. The maximum atomic E-state index is 12.5. The second-order valence-electron chi connectivity index (χ2n) is 5.83. The number of carbonyl (C=O) groups excluding carboxylic acids is 1. The van der Waals surface area contributed by atoms with Gasteiger partial charge in [-0.2, -0.15) is 0 Å². The molecule has 3 nitrogen and oxygen atoms in total. The van der Waals surface area contributed by atoms with Crippen LogP contribution >= 0.6 is 23.7 Å². The van der Waals surface area contributed by atoms with Crippen LogP contribution in [0.1, 0.15) is 49.0 Å². The van der Waals surface area contributed by atoms with E-state index in [0.29, 0.717) is 12.1 Å². The first-order chi connectivity index (χ1) is 9.24. The van der Waals surface area contributed by atoms with Crippen LogP contribution in [0.4, 0.5) is 0 Å². The van der Waals surface area contributed by atoms with Crippen LogP contribution in [0.15, 0.2) is 11.4 Å². The molecule has 2 N–H and O–H groups in total. The number of nitrogens with one attached hydrogen (secondary N) is 2. The predicted octanol–water partition coefficient (Wildman–Crippen LogP) is 2.85. The number of aryl methyl sites for hydroxylation is 1. The second-order valence-corrected chi connectivity index (χ2v) is 6.83. The Hall–Kier alpha value is -0.580. The molecule has 0 radical (unpaired) electrons. The van der Waals surface area contributed by atoms with E-state index in [1.165, 1.54) is 10.4 Å². The topological polar surface area (TPSA) is 41.1 Å². The first-order valence-electron chi connectivity index (χ1n) is 7.34. The Labute approximate surface area is 130 Å². The quantitative estimate of drug-likeness (QED) is 0.881. The van der Waals surface area contributed by atoms with Crippen molar-refractivity contribution in [2.24, 2.45) is 0 Å². The van der Waals surface area contributed by atoms with Gasteiger partial charge in [0.15, 0.2) is 0 Å². The summed E-state index contributed by atoms with van der Waals surface area (Å²) in [6.07, 6.45) is 5.42. The summed E-state index contributed by atoms with van der Waals surface area (Å²) >= 11 is 1.80. The Morgan fingerprint density at radius 1 is 1.45 bits per heavy atom. The highest BCUT2D eigenvalue weighted by molar-refractivity contribution is 7.10. The monoisotopic (exact) mass is 314 g/mol. The van der Waals surface area contributed by atoms with E-state index in [1.807, 2.05) is 0 Å². The lowest BCUT2D eigenvalue weighted by Crippen LogP contribution is -2.47. The standard InChI is InChI=1S/C15H22N2OS.ClH/c1-10-9-11(5-7-16-10)17-15(18)13-3-2-4-14-12(13)6-8-19-14;/h6,8,10-11,13,16H,2-5,7,9H2,1H3,(H,17,18);1H. The van der Waals surface area contributed by atoms with Gasteiger partial charge < -0.3 is 10.6 Å². The number of rotatable bonds is 2. The molecule has 1 amide bonds. The highest BCUT2D eigenvalue weighted by Gasteiger charge is 2.29. The zero-order chi connectivity index (χ0) is 13.2. The number of carbonyl (C=O) groups is 1. The molecule has 3 unspecified atom stereocenters. The van der Waals surface area contributed by atoms with Crippen LogP contribution in [-0.2, 0) is 11.2 Å². The molecule has 2 heterocycles. The summed E-state index contributed by atoms with van der Waals surface area (Å²) in [5, 5.41) is 8.83. The smallest absolute Gasteiger partial charge is 0.227 e. The highest BCUT2D eigenvalue weighted by Crippen LogP contribution is 2.35. The number of halogens is 1. The van der Waals surface area contributed by atoms with Crippen molar-refractivity contribution < 1.29 is 4.79 Å². The van der Waals surface area contributed by atoms with E-state index in [-0.39, 0.29) is 24.2 Å². The zero-order valence-electron chi connectivity index (χ0n) is 11.9. The molecule has 5 heteroatoms. The van der Waals surface area contributed by atoms with Crippen molar-refractivity contribution in [2.45, 2.75) is 57.0 Å². The second kappa shape index (κ2) is 6.92. The maximum absolute atomic E-state index is 12.5. The van der Waals surface area contributed by atoms with Crippen LogP contribution in [0.5, 0.6) is 0 Å². The third kappa shape index (κ3) is 3.35. The molecule has 1 aliphatic heterocycles. The first-order valence-corrected chi connectivity index (χ1v) is 8.22. The Morgan fingerprint density at radius 3 is 3.10 bits per heavy atom. The minimum absolute atomic E-state index is 0. The molecule has 1 aromatic heterocycles.